The number of hydrogen-bond donors (Lipinski definition) is 0. The average Bonchev–Trinajstić information content (AvgIpc) is 3.22. The van der Waals surface area contributed by atoms with Gasteiger partial charge in [-0.15, -0.1) is 0 Å². The van der Waals surface area contributed by atoms with E-state index in [1.165, 1.54) is 17.0 Å². The minimum absolute atomic E-state index is 0.304. The Morgan fingerprint density at radius 2 is 1.62 bits per heavy atom. The molecule has 0 unspecified atom stereocenters. The SMILES string of the molecule is Cc1cccc(N2C(=O)C(c3ccc(F)cc3)=C(N3CCCC3)C2=O)c1. The average molecular weight is 350 g/mol. The van der Waals surface area contributed by atoms with Gasteiger partial charge >= 0.3 is 0 Å². The maximum absolute atomic E-state index is 13.3. The molecule has 132 valence electrons. The molecule has 2 aromatic carbocycles. The number of benzene rings is 2. The van der Waals surface area contributed by atoms with Gasteiger partial charge in [-0.3, -0.25) is 9.59 Å². The minimum atomic E-state index is -0.371. The van der Waals surface area contributed by atoms with Crippen LogP contribution in [0.3, 0.4) is 0 Å². The van der Waals surface area contributed by atoms with Crippen molar-refractivity contribution in [1.82, 2.24) is 4.90 Å². The number of imide groups is 1. The molecular weight excluding hydrogens is 331 g/mol. The standard InChI is InChI=1S/C21H19FN2O2/c1-14-5-4-6-17(13-14)24-20(25)18(15-7-9-16(22)10-8-15)19(21(24)26)23-11-2-3-12-23/h4-10,13H,2-3,11-12H2,1H3. The third-order valence-corrected chi connectivity index (χ3v) is 4.87. The molecule has 0 atom stereocenters. The Bertz CT molecular complexity index is 912. The van der Waals surface area contributed by atoms with Gasteiger partial charge in [-0.1, -0.05) is 24.3 Å². The van der Waals surface area contributed by atoms with E-state index in [4.69, 9.17) is 0 Å². The molecule has 4 nitrogen and oxygen atoms in total. The number of carbonyl (C=O) groups excluding carboxylic acids is 2. The maximum Gasteiger partial charge on any atom is 0.282 e. The number of halogens is 1. The molecule has 0 spiro atoms. The van der Waals surface area contributed by atoms with Gasteiger partial charge in [-0.25, -0.2) is 9.29 Å². The Labute approximate surface area is 151 Å². The van der Waals surface area contributed by atoms with Crippen molar-refractivity contribution in [3.05, 3.63) is 71.2 Å². The second-order valence-corrected chi connectivity index (χ2v) is 6.71. The molecule has 2 amide bonds. The van der Waals surface area contributed by atoms with Gasteiger partial charge in [0.2, 0.25) is 0 Å². The van der Waals surface area contributed by atoms with Crippen LogP contribution < -0.4 is 4.90 Å². The van der Waals surface area contributed by atoms with Gasteiger partial charge in [0.15, 0.2) is 0 Å². The first-order chi connectivity index (χ1) is 12.6. The molecule has 2 aromatic rings. The van der Waals surface area contributed by atoms with Gasteiger partial charge in [0.1, 0.15) is 11.5 Å². The van der Waals surface area contributed by atoms with E-state index in [1.54, 1.807) is 18.2 Å². The zero-order valence-electron chi connectivity index (χ0n) is 14.5. The molecule has 0 aromatic heterocycles. The highest BCUT2D eigenvalue weighted by atomic mass is 19.1. The van der Waals surface area contributed by atoms with E-state index in [0.29, 0.717) is 22.5 Å². The van der Waals surface area contributed by atoms with Crippen LogP contribution in [0.4, 0.5) is 10.1 Å². The molecule has 0 radical (unpaired) electrons. The molecule has 2 heterocycles. The first-order valence-corrected chi connectivity index (χ1v) is 8.77. The normalized spacial score (nSPS) is 17.6. The fourth-order valence-corrected chi connectivity index (χ4v) is 3.63. The van der Waals surface area contributed by atoms with Crippen LogP contribution in [0.1, 0.15) is 24.0 Å². The predicted molar refractivity (Wildman–Crippen MR) is 97.8 cm³/mol. The lowest BCUT2D eigenvalue weighted by molar-refractivity contribution is -0.120. The Kier molecular flexibility index (Phi) is 4.07. The number of nitrogens with zero attached hydrogens (tertiary/aromatic N) is 2. The lowest BCUT2D eigenvalue weighted by atomic mass is 10.0. The zero-order valence-corrected chi connectivity index (χ0v) is 14.5. The van der Waals surface area contributed by atoms with E-state index >= 15 is 0 Å². The highest BCUT2D eigenvalue weighted by Gasteiger charge is 2.42. The number of rotatable bonds is 3. The first-order valence-electron chi connectivity index (χ1n) is 8.77. The van der Waals surface area contributed by atoms with Crippen LogP contribution in [0.5, 0.6) is 0 Å². The highest BCUT2D eigenvalue weighted by molar-refractivity contribution is 6.45. The van der Waals surface area contributed by atoms with Crippen molar-refractivity contribution >= 4 is 23.1 Å². The molecule has 0 bridgehead atoms. The molecule has 4 rings (SSSR count). The summed E-state index contributed by atoms with van der Waals surface area (Å²) in [5.41, 5.74) is 2.90. The molecule has 1 fully saturated rings. The molecule has 26 heavy (non-hydrogen) atoms. The first kappa shape index (κ1) is 16.5. The molecule has 2 aliphatic rings. The molecule has 2 aliphatic heterocycles. The number of anilines is 1. The van der Waals surface area contributed by atoms with Gasteiger partial charge < -0.3 is 4.90 Å². The predicted octanol–water partition coefficient (Wildman–Crippen LogP) is 3.51. The summed E-state index contributed by atoms with van der Waals surface area (Å²) >= 11 is 0. The van der Waals surface area contributed by atoms with Gasteiger partial charge in [0, 0.05) is 13.1 Å². The van der Waals surface area contributed by atoms with Gasteiger partial charge in [-0.2, -0.15) is 0 Å². The largest absolute Gasteiger partial charge is 0.366 e. The fourth-order valence-electron chi connectivity index (χ4n) is 3.63. The molecular formula is C21H19FN2O2. The molecule has 0 saturated carbocycles. The quantitative estimate of drug-likeness (QED) is 0.796. The molecule has 1 saturated heterocycles. The molecule has 0 N–H and O–H groups in total. The summed E-state index contributed by atoms with van der Waals surface area (Å²) in [5, 5.41) is 0. The summed E-state index contributed by atoms with van der Waals surface area (Å²) in [4.78, 5) is 29.6. The Morgan fingerprint density at radius 3 is 2.27 bits per heavy atom. The van der Waals surface area contributed by atoms with E-state index in [-0.39, 0.29) is 17.6 Å². The van der Waals surface area contributed by atoms with E-state index in [2.05, 4.69) is 0 Å². The second-order valence-electron chi connectivity index (χ2n) is 6.71. The third-order valence-electron chi connectivity index (χ3n) is 4.87. The lowest BCUT2D eigenvalue weighted by Gasteiger charge is -2.20. The number of aryl methyl sites for hydroxylation is 1. The van der Waals surface area contributed by atoms with Crippen LogP contribution in [0, 0.1) is 12.7 Å². The zero-order chi connectivity index (χ0) is 18.3. The van der Waals surface area contributed by atoms with Crippen molar-refractivity contribution in [3.8, 4) is 0 Å². The maximum atomic E-state index is 13.3. The van der Waals surface area contributed by atoms with E-state index in [0.717, 1.165) is 31.5 Å². The number of hydrogen-bond acceptors (Lipinski definition) is 3. The smallest absolute Gasteiger partial charge is 0.282 e. The van der Waals surface area contributed by atoms with Gasteiger partial charge in [0.25, 0.3) is 11.8 Å². The number of amides is 2. The van der Waals surface area contributed by atoms with Crippen molar-refractivity contribution in [3.63, 3.8) is 0 Å². The van der Waals surface area contributed by atoms with E-state index < -0.39 is 0 Å². The summed E-state index contributed by atoms with van der Waals surface area (Å²) in [5.74, 6) is -1.03. The summed E-state index contributed by atoms with van der Waals surface area (Å²) < 4.78 is 13.3. The van der Waals surface area contributed by atoms with Crippen LogP contribution in [0.2, 0.25) is 0 Å². The van der Waals surface area contributed by atoms with Crippen LogP contribution in [-0.4, -0.2) is 29.8 Å². The van der Waals surface area contributed by atoms with Crippen LogP contribution in [0.15, 0.2) is 54.2 Å². The summed E-state index contributed by atoms with van der Waals surface area (Å²) in [6.45, 7) is 3.42. The number of carbonyl (C=O) groups is 2. The van der Waals surface area contributed by atoms with E-state index in [9.17, 15) is 14.0 Å². The van der Waals surface area contributed by atoms with Crippen molar-refractivity contribution in [2.45, 2.75) is 19.8 Å². The Morgan fingerprint density at radius 1 is 0.923 bits per heavy atom. The highest BCUT2D eigenvalue weighted by Crippen LogP contribution is 2.36. The van der Waals surface area contributed by atoms with Gasteiger partial charge in [0.05, 0.1) is 11.3 Å². The van der Waals surface area contributed by atoms with E-state index in [1.807, 2.05) is 30.0 Å². The van der Waals surface area contributed by atoms with Gasteiger partial charge in [-0.05, 0) is 55.2 Å². The summed E-state index contributed by atoms with van der Waals surface area (Å²) in [6, 6.07) is 13.1. The Balaban J connectivity index is 1.84. The van der Waals surface area contributed by atoms with Crippen molar-refractivity contribution < 1.29 is 14.0 Å². The van der Waals surface area contributed by atoms with Crippen molar-refractivity contribution in [2.24, 2.45) is 0 Å². The summed E-state index contributed by atoms with van der Waals surface area (Å²) in [6.07, 6.45) is 1.98. The molecule has 0 aliphatic carbocycles. The topological polar surface area (TPSA) is 40.6 Å². The lowest BCUT2D eigenvalue weighted by Crippen LogP contribution is -2.34. The van der Waals surface area contributed by atoms with Crippen molar-refractivity contribution in [2.75, 3.05) is 18.0 Å². The van der Waals surface area contributed by atoms with Crippen LogP contribution in [0.25, 0.3) is 5.57 Å². The minimum Gasteiger partial charge on any atom is -0.366 e. The third kappa shape index (κ3) is 2.69. The van der Waals surface area contributed by atoms with Crippen LogP contribution in [-0.2, 0) is 9.59 Å². The number of likely N-dealkylation sites (tertiary alicyclic amines) is 1. The summed E-state index contributed by atoms with van der Waals surface area (Å²) in [7, 11) is 0. The van der Waals surface area contributed by atoms with Crippen molar-refractivity contribution in [1.29, 1.82) is 0 Å². The fraction of sp³-hybridized carbons (Fsp3) is 0.238. The monoisotopic (exact) mass is 350 g/mol. The second kappa shape index (κ2) is 6.41. The Hall–Kier alpha value is -2.95. The molecule has 5 heteroatoms. The van der Waals surface area contributed by atoms with Crippen LogP contribution >= 0.6 is 0 Å².